The summed E-state index contributed by atoms with van der Waals surface area (Å²) in [6, 6.07) is 6.14. The molecule has 1 heterocycles. The molecule has 1 atom stereocenters. The second-order valence-corrected chi connectivity index (χ2v) is 7.93. The average molecular weight is 397 g/mol. The molecule has 0 radical (unpaired) electrons. The van der Waals surface area contributed by atoms with Crippen LogP contribution in [0.1, 0.15) is 56.1 Å². The van der Waals surface area contributed by atoms with Crippen molar-refractivity contribution in [2.45, 2.75) is 64.5 Å². The largest absolute Gasteiger partial charge is 0.488 e. The molecular weight excluding hydrogens is 364 g/mol. The number of carbonyl (C=O) groups excluding carboxylic acids is 1. The Kier molecular flexibility index (Phi) is 8.39. The van der Waals surface area contributed by atoms with Crippen LogP contribution < -0.4 is 15.8 Å². The summed E-state index contributed by atoms with van der Waals surface area (Å²) in [5.41, 5.74) is 8.18. The highest BCUT2D eigenvalue weighted by atomic mass is 35.5. The maximum absolute atomic E-state index is 12.5. The zero-order valence-corrected chi connectivity index (χ0v) is 17.1. The van der Waals surface area contributed by atoms with Gasteiger partial charge in [0.05, 0.1) is 13.2 Å². The highest BCUT2D eigenvalue weighted by molar-refractivity contribution is 5.85. The van der Waals surface area contributed by atoms with E-state index in [2.05, 4.69) is 18.3 Å². The number of aryl methyl sites for hydroxylation is 1. The molecule has 2 aliphatic rings. The molecule has 3 rings (SSSR count). The van der Waals surface area contributed by atoms with Crippen LogP contribution in [0, 0.1) is 12.3 Å². The first-order chi connectivity index (χ1) is 12.6. The number of rotatable bonds is 7. The van der Waals surface area contributed by atoms with Gasteiger partial charge in [-0.15, -0.1) is 12.4 Å². The number of hydrogen-bond acceptors (Lipinski definition) is 4. The van der Waals surface area contributed by atoms with Gasteiger partial charge >= 0.3 is 0 Å². The summed E-state index contributed by atoms with van der Waals surface area (Å²) in [6.07, 6.45) is 7.32. The van der Waals surface area contributed by atoms with E-state index >= 15 is 0 Å². The predicted octanol–water partition coefficient (Wildman–Crippen LogP) is 3.50. The van der Waals surface area contributed by atoms with Gasteiger partial charge in [0.25, 0.3) is 0 Å². The molecule has 5 nitrogen and oxygen atoms in total. The molecule has 1 aromatic carbocycles. The molecule has 1 aromatic rings. The van der Waals surface area contributed by atoms with E-state index in [1.54, 1.807) is 0 Å². The number of hydrogen-bond donors (Lipinski definition) is 2. The van der Waals surface area contributed by atoms with Crippen molar-refractivity contribution in [3.63, 3.8) is 0 Å². The summed E-state index contributed by atoms with van der Waals surface area (Å²) in [6.45, 7) is 4.53. The van der Waals surface area contributed by atoms with Gasteiger partial charge in [0, 0.05) is 24.9 Å². The molecule has 1 saturated carbocycles. The predicted molar refractivity (Wildman–Crippen MR) is 109 cm³/mol. The molecule has 152 valence electrons. The second kappa shape index (κ2) is 10.3. The molecular formula is C21H33ClN2O3. The summed E-state index contributed by atoms with van der Waals surface area (Å²) >= 11 is 0. The lowest BCUT2D eigenvalue weighted by molar-refractivity contribution is -0.124. The number of amides is 1. The van der Waals surface area contributed by atoms with Gasteiger partial charge in [-0.25, -0.2) is 0 Å². The summed E-state index contributed by atoms with van der Waals surface area (Å²) < 4.78 is 11.5. The number of halogens is 1. The Morgan fingerprint density at radius 2 is 2.11 bits per heavy atom. The van der Waals surface area contributed by atoms with Crippen molar-refractivity contribution in [1.82, 2.24) is 5.32 Å². The molecule has 1 aliphatic carbocycles. The standard InChI is InChI=1S/C21H32N2O3.ClH/c1-16-5-6-17(19(11-16)26-18-7-10-25-14-18)13-23-20(24)12-21(15-22)8-3-2-4-9-21;/h5-6,11,18H,2-4,7-10,12-15,22H2,1H3,(H,23,24);1H. The third-order valence-electron chi connectivity index (χ3n) is 5.76. The van der Waals surface area contributed by atoms with Gasteiger partial charge in [0.15, 0.2) is 0 Å². The fourth-order valence-corrected chi connectivity index (χ4v) is 4.05. The molecule has 27 heavy (non-hydrogen) atoms. The van der Waals surface area contributed by atoms with Crippen LogP contribution in [-0.4, -0.2) is 31.8 Å². The van der Waals surface area contributed by atoms with E-state index < -0.39 is 0 Å². The normalized spacial score (nSPS) is 21.3. The Labute approximate surface area is 168 Å². The van der Waals surface area contributed by atoms with Crippen molar-refractivity contribution in [3.8, 4) is 5.75 Å². The zero-order valence-electron chi connectivity index (χ0n) is 16.3. The average Bonchev–Trinajstić information content (AvgIpc) is 3.15. The first-order valence-electron chi connectivity index (χ1n) is 9.91. The first kappa shape index (κ1) is 22.0. The van der Waals surface area contributed by atoms with Crippen LogP contribution in [0.4, 0.5) is 0 Å². The van der Waals surface area contributed by atoms with Crippen LogP contribution >= 0.6 is 12.4 Å². The minimum Gasteiger partial charge on any atom is -0.488 e. The molecule has 0 bridgehead atoms. The highest BCUT2D eigenvalue weighted by Gasteiger charge is 2.32. The fraction of sp³-hybridized carbons (Fsp3) is 0.667. The van der Waals surface area contributed by atoms with Crippen molar-refractivity contribution in [2.75, 3.05) is 19.8 Å². The number of nitrogens with one attached hydrogen (secondary N) is 1. The summed E-state index contributed by atoms with van der Waals surface area (Å²) in [5.74, 6) is 0.945. The maximum Gasteiger partial charge on any atom is 0.220 e. The van der Waals surface area contributed by atoms with Gasteiger partial charge in [-0.2, -0.15) is 0 Å². The molecule has 3 N–H and O–H groups in total. The molecule has 1 unspecified atom stereocenters. The van der Waals surface area contributed by atoms with E-state index in [1.807, 2.05) is 12.1 Å². The minimum absolute atomic E-state index is 0. The quantitative estimate of drug-likeness (QED) is 0.739. The Balaban J connectivity index is 0.00000261. The SMILES string of the molecule is Cc1ccc(CNC(=O)CC2(CN)CCCCC2)c(OC2CCOC2)c1.Cl. The Hall–Kier alpha value is -1.30. The number of carbonyl (C=O) groups is 1. The Bertz CT molecular complexity index is 611. The lowest BCUT2D eigenvalue weighted by Gasteiger charge is -2.35. The smallest absolute Gasteiger partial charge is 0.220 e. The first-order valence-corrected chi connectivity index (χ1v) is 9.91. The van der Waals surface area contributed by atoms with E-state index in [4.69, 9.17) is 15.2 Å². The molecule has 0 spiro atoms. The second-order valence-electron chi connectivity index (χ2n) is 7.93. The topological polar surface area (TPSA) is 73.6 Å². The van der Waals surface area contributed by atoms with Gasteiger partial charge in [0.1, 0.15) is 11.9 Å². The molecule has 6 heteroatoms. The van der Waals surface area contributed by atoms with Gasteiger partial charge in [-0.05, 0) is 43.4 Å². The highest BCUT2D eigenvalue weighted by Crippen LogP contribution is 2.38. The Morgan fingerprint density at radius 1 is 1.33 bits per heavy atom. The van der Waals surface area contributed by atoms with Gasteiger partial charge in [0.2, 0.25) is 5.91 Å². The van der Waals surface area contributed by atoms with Crippen LogP contribution in [0.5, 0.6) is 5.75 Å². The number of nitrogens with two attached hydrogens (primary N) is 1. The van der Waals surface area contributed by atoms with Crippen molar-refractivity contribution in [3.05, 3.63) is 29.3 Å². The van der Waals surface area contributed by atoms with Crippen molar-refractivity contribution in [1.29, 1.82) is 0 Å². The van der Waals surface area contributed by atoms with Crippen LogP contribution in [0.3, 0.4) is 0 Å². The zero-order chi connectivity index (χ0) is 18.4. The van der Waals surface area contributed by atoms with Crippen LogP contribution in [0.25, 0.3) is 0 Å². The van der Waals surface area contributed by atoms with Crippen molar-refractivity contribution < 1.29 is 14.3 Å². The molecule has 2 fully saturated rings. The molecule has 1 saturated heterocycles. The summed E-state index contributed by atoms with van der Waals surface area (Å²) in [4.78, 5) is 12.5. The van der Waals surface area contributed by atoms with Crippen LogP contribution in [0.15, 0.2) is 18.2 Å². The number of benzene rings is 1. The van der Waals surface area contributed by atoms with E-state index in [-0.39, 0.29) is 29.8 Å². The van der Waals surface area contributed by atoms with Crippen molar-refractivity contribution in [2.24, 2.45) is 11.1 Å². The van der Waals surface area contributed by atoms with Crippen LogP contribution in [0.2, 0.25) is 0 Å². The monoisotopic (exact) mass is 396 g/mol. The lowest BCUT2D eigenvalue weighted by Crippen LogP contribution is -2.38. The van der Waals surface area contributed by atoms with E-state index in [9.17, 15) is 4.79 Å². The summed E-state index contributed by atoms with van der Waals surface area (Å²) in [7, 11) is 0. The minimum atomic E-state index is -0.00384. The Morgan fingerprint density at radius 3 is 2.78 bits per heavy atom. The van der Waals surface area contributed by atoms with Gasteiger partial charge < -0.3 is 20.5 Å². The van der Waals surface area contributed by atoms with Gasteiger partial charge in [-0.1, -0.05) is 31.4 Å². The van der Waals surface area contributed by atoms with Crippen molar-refractivity contribution >= 4 is 18.3 Å². The van der Waals surface area contributed by atoms with E-state index in [0.717, 1.165) is 42.7 Å². The van der Waals surface area contributed by atoms with Gasteiger partial charge in [-0.3, -0.25) is 4.79 Å². The molecule has 1 aliphatic heterocycles. The third kappa shape index (κ3) is 6.09. The molecule has 0 aromatic heterocycles. The maximum atomic E-state index is 12.5. The third-order valence-corrected chi connectivity index (χ3v) is 5.76. The van der Waals surface area contributed by atoms with E-state index in [1.165, 1.54) is 19.3 Å². The summed E-state index contributed by atoms with van der Waals surface area (Å²) in [5, 5.41) is 3.08. The lowest BCUT2D eigenvalue weighted by atomic mass is 9.71. The van der Waals surface area contributed by atoms with Crippen LogP contribution in [-0.2, 0) is 16.1 Å². The molecule has 1 amide bonds. The fourth-order valence-electron chi connectivity index (χ4n) is 4.05. The number of ether oxygens (including phenoxy) is 2. The van der Waals surface area contributed by atoms with E-state index in [0.29, 0.717) is 26.1 Å².